The molecule has 0 N–H and O–H groups in total. The van der Waals surface area contributed by atoms with Gasteiger partial charge in [0.15, 0.2) is 0 Å². The van der Waals surface area contributed by atoms with Crippen molar-refractivity contribution >= 4 is 11.8 Å². The lowest BCUT2D eigenvalue weighted by atomic mass is 10.1. The van der Waals surface area contributed by atoms with Crippen LogP contribution in [0.5, 0.6) is 0 Å². The molecule has 0 saturated carbocycles. The third kappa shape index (κ3) is 3.05. The normalized spacial score (nSPS) is 16.9. The van der Waals surface area contributed by atoms with Crippen LogP contribution >= 0.6 is 0 Å². The van der Waals surface area contributed by atoms with Crippen molar-refractivity contribution in [3.8, 4) is 0 Å². The van der Waals surface area contributed by atoms with E-state index in [1.54, 1.807) is 6.08 Å². The summed E-state index contributed by atoms with van der Waals surface area (Å²) >= 11 is 0. The Bertz CT molecular complexity index is 289. The lowest BCUT2D eigenvalue weighted by molar-refractivity contribution is -0.138. The molecule has 0 saturated heterocycles. The van der Waals surface area contributed by atoms with Crippen molar-refractivity contribution in [2.75, 3.05) is 0 Å². The summed E-state index contributed by atoms with van der Waals surface area (Å²) in [4.78, 5) is 24.2. The smallest absolute Gasteiger partial charge is 0.254 e. The third-order valence-electron chi connectivity index (χ3n) is 2.80. The molecule has 1 aliphatic rings. The molecule has 0 aliphatic carbocycles. The number of hydrogen-bond donors (Lipinski definition) is 0. The van der Waals surface area contributed by atoms with Gasteiger partial charge in [0.05, 0.1) is 6.04 Å². The average molecular weight is 221 g/mol. The second-order valence-electron chi connectivity index (χ2n) is 4.03. The summed E-state index contributed by atoms with van der Waals surface area (Å²) in [6.45, 7) is 5.85. The van der Waals surface area contributed by atoms with Crippen molar-refractivity contribution in [1.82, 2.24) is 4.90 Å². The van der Waals surface area contributed by atoms with Gasteiger partial charge in [-0.05, 0) is 6.42 Å². The minimum absolute atomic E-state index is 0.146. The van der Waals surface area contributed by atoms with E-state index < -0.39 is 0 Å². The van der Waals surface area contributed by atoms with Crippen LogP contribution in [0.15, 0.2) is 24.8 Å². The molecule has 0 aromatic heterocycles. The van der Waals surface area contributed by atoms with Gasteiger partial charge < -0.3 is 0 Å². The largest absolute Gasteiger partial charge is 0.269 e. The molecule has 88 valence electrons. The van der Waals surface area contributed by atoms with Gasteiger partial charge in [0.2, 0.25) is 0 Å². The molecular formula is C13H19NO2. The van der Waals surface area contributed by atoms with Crippen LogP contribution in [-0.2, 0) is 9.59 Å². The first-order valence-electron chi connectivity index (χ1n) is 5.88. The maximum absolute atomic E-state index is 11.4. The molecule has 0 aromatic carbocycles. The van der Waals surface area contributed by atoms with Crippen molar-refractivity contribution in [2.24, 2.45) is 0 Å². The number of unbranched alkanes of at least 4 members (excludes halogenated alkanes) is 3. The number of hydrogen-bond acceptors (Lipinski definition) is 2. The summed E-state index contributed by atoms with van der Waals surface area (Å²) < 4.78 is 0. The summed E-state index contributed by atoms with van der Waals surface area (Å²) in [6.07, 6.45) is 9.71. The van der Waals surface area contributed by atoms with Gasteiger partial charge in [0, 0.05) is 12.2 Å². The van der Waals surface area contributed by atoms with Crippen LogP contribution in [0.1, 0.15) is 39.0 Å². The number of nitrogens with zero attached hydrogens (tertiary/aromatic N) is 1. The molecule has 1 unspecified atom stereocenters. The first-order valence-corrected chi connectivity index (χ1v) is 5.88. The molecule has 0 fully saturated rings. The minimum atomic E-state index is -0.217. The van der Waals surface area contributed by atoms with E-state index in [0.29, 0.717) is 0 Å². The van der Waals surface area contributed by atoms with E-state index in [1.165, 1.54) is 29.9 Å². The summed E-state index contributed by atoms with van der Waals surface area (Å²) in [5.41, 5.74) is 0. The maximum atomic E-state index is 11.4. The molecule has 0 bridgehead atoms. The second-order valence-corrected chi connectivity index (χ2v) is 4.03. The van der Waals surface area contributed by atoms with E-state index in [0.717, 1.165) is 19.3 Å². The first-order chi connectivity index (χ1) is 7.70. The zero-order chi connectivity index (χ0) is 12.0. The van der Waals surface area contributed by atoms with Gasteiger partial charge in [-0.25, -0.2) is 0 Å². The summed E-state index contributed by atoms with van der Waals surface area (Å²) in [7, 11) is 0. The van der Waals surface area contributed by atoms with Gasteiger partial charge in [-0.3, -0.25) is 14.5 Å². The maximum Gasteiger partial charge on any atom is 0.254 e. The van der Waals surface area contributed by atoms with Crippen LogP contribution < -0.4 is 0 Å². The fourth-order valence-corrected chi connectivity index (χ4v) is 1.87. The Morgan fingerprint density at radius 1 is 1.25 bits per heavy atom. The van der Waals surface area contributed by atoms with Crippen LogP contribution in [0.3, 0.4) is 0 Å². The SMILES string of the molecule is C=CC(CCCCCC)N1C(=O)C=CC1=O. The highest BCUT2D eigenvalue weighted by molar-refractivity contribution is 6.13. The van der Waals surface area contributed by atoms with Crippen LogP contribution in [0.2, 0.25) is 0 Å². The van der Waals surface area contributed by atoms with Crippen molar-refractivity contribution in [3.05, 3.63) is 24.8 Å². The van der Waals surface area contributed by atoms with E-state index in [1.807, 2.05) is 0 Å². The average Bonchev–Trinajstić information content (AvgIpc) is 2.60. The van der Waals surface area contributed by atoms with Gasteiger partial charge in [-0.2, -0.15) is 0 Å². The van der Waals surface area contributed by atoms with Crippen molar-refractivity contribution in [1.29, 1.82) is 0 Å². The Hall–Kier alpha value is -1.38. The first kappa shape index (κ1) is 12.7. The van der Waals surface area contributed by atoms with Crippen molar-refractivity contribution in [3.63, 3.8) is 0 Å². The van der Waals surface area contributed by atoms with E-state index >= 15 is 0 Å². The van der Waals surface area contributed by atoms with Crippen LogP contribution in [0.25, 0.3) is 0 Å². The molecule has 0 spiro atoms. The summed E-state index contributed by atoms with van der Waals surface area (Å²) in [5.74, 6) is -0.434. The molecular weight excluding hydrogens is 202 g/mol. The fraction of sp³-hybridized carbons (Fsp3) is 0.538. The van der Waals surface area contributed by atoms with Gasteiger partial charge in [-0.15, -0.1) is 6.58 Å². The Kier molecular flexibility index (Phi) is 4.96. The highest BCUT2D eigenvalue weighted by atomic mass is 16.2. The predicted molar refractivity (Wildman–Crippen MR) is 63.7 cm³/mol. The molecule has 0 radical (unpaired) electrons. The number of carbonyl (C=O) groups excluding carboxylic acids is 2. The molecule has 1 atom stereocenters. The van der Waals surface area contributed by atoms with Crippen molar-refractivity contribution < 1.29 is 9.59 Å². The van der Waals surface area contributed by atoms with Gasteiger partial charge in [0.1, 0.15) is 0 Å². The lowest BCUT2D eigenvalue weighted by Crippen LogP contribution is -2.38. The Morgan fingerprint density at radius 3 is 2.38 bits per heavy atom. The third-order valence-corrected chi connectivity index (χ3v) is 2.80. The Morgan fingerprint density at radius 2 is 1.88 bits per heavy atom. The molecule has 2 amide bonds. The lowest BCUT2D eigenvalue weighted by Gasteiger charge is -2.22. The molecule has 3 nitrogen and oxygen atoms in total. The quantitative estimate of drug-likeness (QED) is 0.376. The number of amides is 2. The van der Waals surface area contributed by atoms with Gasteiger partial charge >= 0.3 is 0 Å². The van der Waals surface area contributed by atoms with Gasteiger partial charge in [-0.1, -0.05) is 38.7 Å². The van der Waals surface area contributed by atoms with Crippen LogP contribution in [0, 0.1) is 0 Å². The molecule has 0 aromatic rings. The number of imide groups is 1. The highest BCUT2D eigenvalue weighted by Gasteiger charge is 2.28. The number of rotatable bonds is 7. The zero-order valence-electron chi connectivity index (χ0n) is 9.82. The Balaban J connectivity index is 2.45. The van der Waals surface area contributed by atoms with Crippen LogP contribution in [0.4, 0.5) is 0 Å². The van der Waals surface area contributed by atoms with E-state index in [-0.39, 0.29) is 17.9 Å². The highest BCUT2D eigenvalue weighted by Crippen LogP contribution is 2.16. The van der Waals surface area contributed by atoms with Gasteiger partial charge in [0.25, 0.3) is 11.8 Å². The van der Waals surface area contributed by atoms with E-state index in [2.05, 4.69) is 13.5 Å². The number of carbonyl (C=O) groups is 2. The summed E-state index contributed by atoms with van der Waals surface area (Å²) in [5, 5.41) is 0. The molecule has 1 rings (SSSR count). The van der Waals surface area contributed by atoms with Crippen molar-refractivity contribution in [2.45, 2.75) is 45.1 Å². The second kappa shape index (κ2) is 6.26. The van der Waals surface area contributed by atoms with E-state index in [4.69, 9.17) is 0 Å². The summed E-state index contributed by atoms with van der Waals surface area (Å²) in [6, 6.07) is -0.146. The molecule has 1 heterocycles. The predicted octanol–water partition coefficient (Wildman–Crippen LogP) is 2.44. The molecule has 16 heavy (non-hydrogen) atoms. The minimum Gasteiger partial charge on any atom is -0.269 e. The molecule has 3 heteroatoms. The Labute approximate surface area is 96.8 Å². The monoisotopic (exact) mass is 221 g/mol. The topological polar surface area (TPSA) is 37.4 Å². The fourth-order valence-electron chi connectivity index (χ4n) is 1.87. The van der Waals surface area contributed by atoms with E-state index in [9.17, 15) is 9.59 Å². The molecule has 1 aliphatic heterocycles. The zero-order valence-corrected chi connectivity index (χ0v) is 9.82. The standard InChI is InChI=1S/C13H19NO2/c1-3-5-6-7-8-11(4-2)14-12(15)9-10-13(14)16/h4,9-11H,2-3,5-8H2,1H3. The van der Waals surface area contributed by atoms with Crippen LogP contribution in [-0.4, -0.2) is 22.8 Å².